The van der Waals surface area contributed by atoms with Gasteiger partial charge in [0, 0.05) is 0 Å². The molecule has 1 rings (SSSR count). The van der Waals surface area contributed by atoms with E-state index in [-0.39, 0.29) is 19.8 Å². The molecule has 0 aromatic heterocycles. The Hall–Kier alpha value is 0.250. The summed E-state index contributed by atoms with van der Waals surface area (Å²) in [6.07, 6.45) is 2.77. The van der Waals surface area contributed by atoms with Crippen LogP contribution in [0.3, 0.4) is 0 Å². The number of nitrogens with two attached hydrogens (primary N) is 1. The van der Waals surface area contributed by atoms with Crippen molar-refractivity contribution in [3.05, 3.63) is 0 Å². The smallest absolute Gasteiger partial charge is 0.00489 e. The summed E-state index contributed by atoms with van der Waals surface area (Å²) in [5.74, 6) is 0.912. The molecular weight excluding hydrogens is 110 g/mol. The van der Waals surface area contributed by atoms with Gasteiger partial charge in [0.1, 0.15) is 0 Å². The van der Waals surface area contributed by atoms with Crippen LogP contribution in [-0.2, 0) is 0 Å². The van der Waals surface area contributed by atoms with E-state index in [9.17, 15) is 0 Å². The summed E-state index contributed by atoms with van der Waals surface area (Å²) in [4.78, 5) is 0. The van der Waals surface area contributed by atoms with Crippen molar-refractivity contribution in [1.82, 2.24) is 0 Å². The second-order valence-electron chi connectivity index (χ2n) is 1.68. The van der Waals surface area contributed by atoms with E-state index < -0.39 is 0 Å². The molecule has 1 fully saturated rings. The molecule has 0 amide bonds. The van der Waals surface area contributed by atoms with Crippen LogP contribution in [0.1, 0.15) is 20.3 Å². The fraction of sp³-hybridized carbons (Fsp3) is 1.00. The topological polar surface area (TPSA) is 26.0 Å². The van der Waals surface area contributed by atoms with Crippen molar-refractivity contribution in [2.24, 2.45) is 11.7 Å². The van der Waals surface area contributed by atoms with Gasteiger partial charge in [0.15, 0.2) is 0 Å². The Balaban J connectivity index is 0. The van der Waals surface area contributed by atoms with Gasteiger partial charge in [-0.1, -0.05) is 7.43 Å². The van der Waals surface area contributed by atoms with E-state index in [1.54, 1.807) is 0 Å². The third-order valence-corrected chi connectivity index (χ3v) is 1.03. The maximum Gasteiger partial charge on any atom is -0.00489 e. The first-order valence-corrected chi connectivity index (χ1v) is 2.13. The van der Waals surface area contributed by atoms with E-state index in [1.807, 2.05) is 0 Å². The largest absolute Gasteiger partial charge is 0.330 e. The molecular formula is C5H14ClN. The first kappa shape index (κ1) is 10.3. The Morgan fingerprint density at radius 2 is 1.86 bits per heavy atom. The maximum atomic E-state index is 5.23. The monoisotopic (exact) mass is 123 g/mol. The molecule has 0 saturated heterocycles. The lowest BCUT2D eigenvalue weighted by Crippen LogP contribution is -1.98. The molecule has 46 valence electrons. The van der Waals surface area contributed by atoms with Crippen molar-refractivity contribution in [3.63, 3.8) is 0 Å². The summed E-state index contributed by atoms with van der Waals surface area (Å²) >= 11 is 0. The molecule has 0 aromatic rings. The van der Waals surface area contributed by atoms with Crippen LogP contribution in [0.25, 0.3) is 0 Å². The Bertz CT molecular complexity index is 35.1. The van der Waals surface area contributed by atoms with E-state index in [0.29, 0.717) is 0 Å². The molecule has 0 bridgehead atoms. The van der Waals surface area contributed by atoms with Gasteiger partial charge >= 0.3 is 0 Å². The van der Waals surface area contributed by atoms with Crippen LogP contribution in [0.2, 0.25) is 0 Å². The van der Waals surface area contributed by atoms with Gasteiger partial charge in [0.25, 0.3) is 0 Å². The molecule has 1 aliphatic rings. The van der Waals surface area contributed by atoms with Gasteiger partial charge in [-0.15, -0.1) is 12.4 Å². The Kier molecular flexibility index (Phi) is 6.47. The lowest BCUT2D eigenvalue weighted by molar-refractivity contribution is 0.847. The standard InChI is InChI=1S/C4H9N.CH4.ClH/c5-3-4-1-2-4;;/h4H,1-3,5H2;1H4;1H. The summed E-state index contributed by atoms with van der Waals surface area (Å²) in [6.45, 7) is 0.917. The Morgan fingerprint density at radius 3 is 1.86 bits per heavy atom. The quantitative estimate of drug-likeness (QED) is 0.561. The highest BCUT2D eigenvalue weighted by Gasteiger charge is 2.17. The normalized spacial score (nSPS) is 16.7. The molecule has 0 radical (unpaired) electrons. The lowest BCUT2D eigenvalue weighted by Gasteiger charge is -1.74. The van der Waals surface area contributed by atoms with Gasteiger partial charge in [-0.3, -0.25) is 0 Å². The zero-order valence-corrected chi connectivity index (χ0v) is 4.50. The van der Waals surface area contributed by atoms with Gasteiger partial charge in [0.2, 0.25) is 0 Å². The molecule has 0 atom stereocenters. The highest BCUT2D eigenvalue weighted by molar-refractivity contribution is 5.85. The van der Waals surface area contributed by atoms with Gasteiger partial charge in [-0.2, -0.15) is 0 Å². The van der Waals surface area contributed by atoms with E-state index >= 15 is 0 Å². The SMILES string of the molecule is C.Cl.NCC1CC1. The van der Waals surface area contributed by atoms with Crippen molar-refractivity contribution >= 4 is 12.4 Å². The average Bonchev–Trinajstić information content (AvgIpc) is 2.12. The van der Waals surface area contributed by atoms with Crippen molar-refractivity contribution in [1.29, 1.82) is 0 Å². The van der Waals surface area contributed by atoms with Gasteiger partial charge < -0.3 is 5.73 Å². The molecule has 0 heterocycles. The summed E-state index contributed by atoms with van der Waals surface area (Å²) in [7, 11) is 0. The first-order valence-electron chi connectivity index (χ1n) is 2.13. The number of hydrogen-bond acceptors (Lipinski definition) is 1. The maximum absolute atomic E-state index is 5.23. The zero-order valence-electron chi connectivity index (χ0n) is 3.68. The number of rotatable bonds is 1. The van der Waals surface area contributed by atoms with Crippen molar-refractivity contribution in [2.75, 3.05) is 6.54 Å². The average molecular weight is 124 g/mol. The van der Waals surface area contributed by atoms with Gasteiger partial charge in [-0.05, 0) is 25.3 Å². The highest BCUT2D eigenvalue weighted by Crippen LogP contribution is 2.26. The van der Waals surface area contributed by atoms with Crippen LogP contribution in [0.5, 0.6) is 0 Å². The van der Waals surface area contributed by atoms with E-state index in [0.717, 1.165) is 12.5 Å². The third-order valence-electron chi connectivity index (χ3n) is 1.03. The Labute approximate surface area is 51.7 Å². The molecule has 2 heteroatoms. The van der Waals surface area contributed by atoms with E-state index in [2.05, 4.69) is 0 Å². The molecule has 0 aromatic carbocycles. The minimum atomic E-state index is 0. The molecule has 0 spiro atoms. The summed E-state index contributed by atoms with van der Waals surface area (Å²) in [5.41, 5.74) is 5.23. The lowest BCUT2D eigenvalue weighted by atomic mass is 10.5. The molecule has 2 N–H and O–H groups in total. The van der Waals surface area contributed by atoms with E-state index in [4.69, 9.17) is 5.73 Å². The second-order valence-corrected chi connectivity index (χ2v) is 1.68. The first-order chi connectivity index (χ1) is 2.43. The predicted octanol–water partition coefficient (Wildman–Crippen LogP) is 1.41. The second kappa shape index (κ2) is 4.41. The molecule has 0 unspecified atom stereocenters. The van der Waals surface area contributed by atoms with Crippen molar-refractivity contribution in [3.8, 4) is 0 Å². The summed E-state index contributed by atoms with van der Waals surface area (Å²) < 4.78 is 0. The minimum absolute atomic E-state index is 0. The molecule has 1 saturated carbocycles. The summed E-state index contributed by atoms with van der Waals surface area (Å²) in [6, 6.07) is 0. The Morgan fingerprint density at radius 1 is 1.43 bits per heavy atom. The van der Waals surface area contributed by atoms with Crippen LogP contribution in [0, 0.1) is 5.92 Å². The van der Waals surface area contributed by atoms with Crippen molar-refractivity contribution < 1.29 is 0 Å². The molecule has 1 nitrogen and oxygen atoms in total. The minimum Gasteiger partial charge on any atom is -0.330 e. The van der Waals surface area contributed by atoms with Crippen LogP contribution < -0.4 is 5.73 Å². The van der Waals surface area contributed by atoms with Gasteiger partial charge in [-0.25, -0.2) is 0 Å². The number of hydrogen-bond donors (Lipinski definition) is 1. The zero-order chi connectivity index (χ0) is 3.70. The van der Waals surface area contributed by atoms with Crippen LogP contribution in [-0.4, -0.2) is 6.54 Å². The number of halogens is 1. The highest BCUT2D eigenvalue weighted by atomic mass is 35.5. The molecule has 0 aliphatic heterocycles. The van der Waals surface area contributed by atoms with E-state index in [1.165, 1.54) is 12.8 Å². The fourth-order valence-electron chi connectivity index (χ4n) is 0.354. The van der Waals surface area contributed by atoms with Crippen molar-refractivity contribution in [2.45, 2.75) is 20.3 Å². The summed E-state index contributed by atoms with van der Waals surface area (Å²) in [5, 5.41) is 0. The van der Waals surface area contributed by atoms with Crippen LogP contribution in [0.15, 0.2) is 0 Å². The molecule has 7 heavy (non-hydrogen) atoms. The van der Waals surface area contributed by atoms with Crippen LogP contribution in [0.4, 0.5) is 0 Å². The van der Waals surface area contributed by atoms with Gasteiger partial charge in [0.05, 0.1) is 0 Å². The third kappa shape index (κ3) is 4.10. The van der Waals surface area contributed by atoms with Crippen LogP contribution >= 0.6 is 12.4 Å². The molecule has 1 aliphatic carbocycles. The fourth-order valence-corrected chi connectivity index (χ4v) is 0.354. The predicted molar refractivity (Wildman–Crippen MR) is 35.8 cm³/mol.